The van der Waals surface area contributed by atoms with E-state index in [2.05, 4.69) is 5.32 Å². The summed E-state index contributed by atoms with van der Waals surface area (Å²) in [5.41, 5.74) is 0.848. The normalized spacial score (nSPS) is 16.6. The number of imide groups is 2. The van der Waals surface area contributed by atoms with Gasteiger partial charge >= 0.3 is 12.1 Å². The second-order valence-electron chi connectivity index (χ2n) is 5.10. The van der Waals surface area contributed by atoms with Gasteiger partial charge in [-0.1, -0.05) is 0 Å². The third-order valence-electron chi connectivity index (χ3n) is 3.73. The maximum atomic E-state index is 12.4. The molecule has 0 bridgehead atoms. The molecule has 0 spiro atoms. The molecule has 0 saturated carbocycles. The number of hydrogen-bond acceptors (Lipinski definition) is 6. The summed E-state index contributed by atoms with van der Waals surface area (Å²) < 4.78 is 5.59. The van der Waals surface area contributed by atoms with Crippen molar-refractivity contribution >= 4 is 35.7 Å². The number of ether oxygens (including phenoxy) is 1. The number of urea groups is 1. The summed E-state index contributed by atoms with van der Waals surface area (Å²) in [6.45, 7) is 0.684. The highest BCUT2D eigenvalue weighted by atomic mass is 32.2. The first-order valence-corrected chi connectivity index (χ1v) is 8.48. The van der Waals surface area contributed by atoms with Crippen LogP contribution in [-0.4, -0.2) is 53.4 Å². The van der Waals surface area contributed by atoms with Crippen molar-refractivity contribution in [2.75, 3.05) is 24.8 Å². The van der Waals surface area contributed by atoms with Gasteiger partial charge in [-0.05, 0) is 49.1 Å². The Morgan fingerprint density at radius 2 is 2.00 bits per heavy atom. The molecule has 8 nitrogen and oxygen atoms in total. The monoisotopic (exact) mass is 353 g/mol. The number of amides is 4. The summed E-state index contributed by atoms with van der Waals surface area (Å²) >= 11 is 0.714. The number of benzene rings is 1. The number of rotatable bonds is 4. The molecule has 9 heteroatoms. The number of carboxylic acid groups (broad SMARTS) is 1. The number of carbonyl (C=O) groups excluding carboxylic acids is 2. The Hall–Kier alpha value is -2.42. The Bertz CT molecular complexity index is 622. The molecule has 1 fully saturated rings. The van der Waals surface area contributed by atoms with Gasteiger partial charge in [0.15, 0.2) is 0 Å². The average Bonchev–Trinajstić information content (AvgIpc) is 3.05. The molecule has 0 aromatic heterocycles. The molecular formula is C15H19N3O5S. The third kappa shape index (κ3) is 3.91. The van der Waals surface area contributed by atoms with Crippen LogP contribution in [0, 0.1) is 0 Å². The van der Waals surface area contributed by atoms with Crippen LogP contribution in [0.3, 0.4) is 0 Å². The third-order valence-corrected chi connectivity index (χ3v) is 4.42. The highest BCUT2D eigenvalue weighted by molar-refractivity contribution is 7.97. The molecule has 2 rings (SSSR count). The van der Waals surface area contributed by atoms with Crippen LogP contribution < -0.4 is 15.0 Å². The summed E-state index contributed by atoms with van der Waals surface area (Å²) in [6, 6.07) is 5.82. The van der Waals surface area contributed by atoms with Crippen LogP contribution in [0.2, 0.25) is 0 Å². The van der Waals surface area contributed by atoms with Gasteiger partial charge in [0.25, 0.3) is 5.91 Å². The van der Waals surface area contributed by atoms with Crippen molar-refractivity contribution in [1.29, 1.82) is 0 Å². The van der Waals surface area contributed by atoms with Crippen molar-refractivity contribution < 1.29 is 24.2 Å². The van der Waals surface area contributed by atoms with E-state index in [9.17, 15) is 14.4 Å². The Morgan fingerprint density at radius 3 is 2.54 bits per heavy atom. The van der Waals surface area contributed by atoms with Gasteiger partial charge in [0.1, 0.15) is 11.8 Å². The van der Waals surface area contributed by atoms with E-state index >= 15 is 0 Å². The fourth-order valence-corrected chi connectivity index (χ4v) is 2.98. The lowest BCUT2D eigenvalue weighted by molar-refractivity contribution is -0.121. The first-order chi connectivity index (χ1) is 11.5. The lowest BCUT2D eigenvalue weighted by atomic mass is 10.2. The van der Waals surface area contributed by atoms with Gasteiger partial charge in [0, 0.05) is 18.5 Å². The summed E-state index contributed by atoms with van der Waals surface area (Å²) in [7, 11) is 1.58. The topological polar surface area (TPSA) is 99.2 Å². The lowest BCUT2D eigenvalue weighted by Gasteiger charge is -2.26. The molecule has 1 aromatic rings. The molecule has 130 valence electrons. The minimum Gasteiger partial charge on any atom is -0.497 e. The molecule has 24 heavy (non-hydrogen) atoms. The second-order valence-corrected chi connectivity index (χ2v) is 5.83. The quantitative estimate of drug-likeness (QED) is 0.800. The van der Waals surface area contributed by atoms with Crippen LogP contribution in [0.1, 0.15) is 12.8 Å². The smallest absolute Gasteiger partial charge is 0.425 e. The van der Waals surface area contributed by atoms with Crippen LogP contribution in [0.4, 0.5) is 15.3 Å². The van der Waals surface area contributed by atoms with Gasteiger partial charge in [0.2, 0.25) is 0 Å². The predicted octanol–water partition coefficient (Wildman–Crippen LogP) is 2.16. The van der Waals surface area contributed by atoms with E-state index in [1.54, 1.807) is 19.2 Å². The number of nitrogens with one attached hydrogen (secondary N) is 1. The van der Waals surface area contributed by atoms with Crippen LogP contribution in [-0.2, 0) is 4.79 Å². The summed E-state index contributed by atoms with van der Waals surface area (Å²) in [5, 5.41) is 11.1. The Kier molecular flexibility index (Phi) is 5.91. The van der Waals surface area contributed by atoms with Gasteiger partial charge in [-0.2, -0.15) is 4.31 Å². The zero-order valence-corrected chi connectivity index (χ0v) is 14.2. The molecule has 1 saturated heterocycles. The highest BCUT2D eigenvalue weighted by Gasteiger charge is 2.33. The number of methoxy groups -OCH3 is 1. The number of anilines is 1. The largest absolute Gasteiger partial charge is 0.497 e. The Balaban J connectivity index is 2.07. The van der Waals surface area contributed by atoms with E-state index in [0.717, 1.165) is 12.1 Å². The molecule has 0 aliphatic carbocycles. The van der Waals surface area contributed by atoms with E-state index in [1.807, 2.05) is 17.0 Å². The molecule has 1 unspecified atom stereocenters. The van der Waals surface area contributed by atoms with Crippen molar-refractivity contribution in [3.63, 3.8) is 0 Å². The van der Waals surface area contributed by atoms with Crippen molar-refractivity contribution in [1.82, 2.24) is 9.62 Å². The fourth-order valence-electron chi connectivity index (χ4n) is 2.61. The molecule has 1 atom stereocenters. The minimum absolute atomic E-state index is 0.477. The summed E-state index contributed by atoms with van der Waals surface area (Å²) in [6.07, 6.45) is 1.42. The predicted molar refractivity (Wildman–Crippen MR) is 90.3 cm³/mol. The average molecular weight is 353 g/mol. The maximum absolute atomic E-state index is 12.4. The van der Waals surface area contributed by atoms with E-state index in [0.29, 0.717) is 35.0 Å². The van der Waals surface area contributed by atoms with Crippen LogP contribution in [0.15, 0.2) is 24.3 Å². The van der Waals surface area contributed by atoms with Gasteiger partial charge < -0.3 is 14.7 Å². The van der Waals surface area contributed by atoms with Gasteiger partial charge in [-0.25, -0.2) is 9.59 Å². The number of carbonyl (C=O) groups is 3. The standard InChI is InChI=1S/C15H19N3O5S/c1-23-11-7-5-10(6-8-11)17-9-3-4-12(17)13(19)16-14(20)18(24-2)15(21)22/h5-8,12H,3-4,9H2,1-2H3,(H,21,22)(H,16,19,20). The zero-order valence-electron chi connectivity index (χ0n) is 13.4. The van der Waals surface area contributed by atoms with Crippen molar-refractivity contribution in [2.45, 2.75) is 18.9 Å². The first-order valence-electron chi connectivity index (χ1n) is 7.30. The van der Waals surface area contributed by atoms with Crippen molar-refractivity contribution in [3.05, 3.63) is 24.3 Å². The summed E-state index contributed by atoms with van der Waals surface area (Å²) in [5.74, 6) is 0.208. The molecule has 1 heterocycles. The van der Waals surface area contributed by atoms with Crippen LogP contribution in [0.5, 0.6) is 5.75 Å². The van der Waals surface area contributed by atoms with Gasteiger partial charge in [-0.3, -0.25) is 10.1 Å². The maximum Gasteiger partial charge on any atom is 0.425 e. The van der Waals surface area contributed by atoms with E-state index in [4.69, 9.17) is 9.84 Å². The fraction of sp³-hybridized carbons (Fsp3) is 0.400. The van der Waals surface area contributed by atoms with E-state index in [1.165, 1.54) is 6.26 Å². The summed E-state index contributed by atoms with van der Waals surface area (Å²) in [4.78, 5) is 37.1. The molecule has 4 amide bonds. The molecule has 1 aromatic carbocycles. The Labute approximate surface area is 143 Å². The number of hydrogen-bond donors (Lipinski definition) is 2. The molecule has 0 radical (unpaired) electrons. The van der Waals surface area contributed by atoms with E-state index in [-0.39, 0.29) is 0 Å². The Morgan fingerprint density at radius 1 is 1.33 bits per heavy atom. The zero-order chi connectivity index (χ0) is 17.7. The second kappa shape index (κ2) is 7.91. The number of nitrogens with zero attached hydrogens (tertiary/aromatic N) is 2. The molecular weight excluding hydrogens is 334 g/mol. The molecule has 1 aliphatic rings. The van der Waals surface area contributed by atoms with Gasteiger partial charge in [0.05, 0.1) is 7.11 Å². The van der Waals surface area contributed by atoms with Crippen LogP contribution >= 0.6 is 11.9 Å². The van der Waals surface area contributed by atoms with Crippen LogP contribution in [0.25, 0.3) is 0 Å². The van der Waals surface area contributed by atoms with Gasteiger partial charge in [-0.15, -0.1) is 0 Å². The molecule has 2 N–H and O–H groups in total. The van der Waals surface area contributed by atoms with Crippen molar-refractivity contribution in [2.24, 2.45) is 0 Å². The minimum atomic E-state index is -1.42. The van der Waals surface area contributed by atoms with E-state index < -0.39 is 24.1 Å². The molecule has 1 aliphatic heterocycles. The highest BCUT2D eigenvalue weighted by Crippen LogP contribution is 2.27. The SMILES string of the molecule is COc1ccc(N2CCCC2C(=O)NC(=O)N(SC)C(=O)O)cc1. The first kappa shape index (κ1) is 17.9. The van der Waals surface area contributed by atoms with Crippen molar-refractivity contribution in [3.8, 4) is 5.75 Å². The lowest BCUT2D eigenvalue weighted by Crippen LogP contribution is -2.49.